The summed E-state index contributed by atoms with van der Waals surface area (Å²) < 4.78 is 2.19. The van der Waals surface area contributed by atoms with Crippen molar-refractivity contribution >= 4 is 5.91 Å². The van der Waals surface area contributed by atoms with Crippen molar-refractivity contribution in [3.8, 4) is 0 Å². The Bertz CT molecular complexity index is 927. The van der Waals surface area contributed by atoms with E-state index in [-0.39, 0.29) is 5.91 Å². The van der Waals surface area contributed by atoms with Crippen LogP contribution in [0.25, 0.3) is 0 Å². The third kappa shape index (κ3) is 4.30. The minimum Gasteiger partial charge on any atom is -0.342 e. The number of carbonyl (C=O) groups is 1. The zero-order chi connectivity index (χ0) is 19.3. The van der Waals surface area contributed by atoms with E-state index in [4.69, 9.17) is 0 Å². The maximum Gasteiger partial charge on any atom is 0.226 e. The number of rotatable bonds is 5. The zero-order valence-corrected chi connectivity index (χ0v) is 16.3. The van der Waals surface area contributed by atoms with Gasteiger partial charge in [0.2, 0.25) is 5.91 Å². The molecule has 1 saturated heterocycles. The Balaban J connectivity index is 1.36. The lowest BCUT2D eigenvalue weighted by Gasteiger charge is -2.32. The Kier molecular flexibility index (Phi) is 5.51. The number of benzene rings is 1. The van der Waals surface area contributed by atoms with Gasteiger partial charge in [-0.3, -0.25) is 9.78 Å². The third-order valence-electron chi connectivity index (χ3n) is 5.46. The van der Waals surface area contributed by atoms with E-state index in [2.05, 4.69) is 33.6 Å². The van der Waals surface area contributed by atoms with Gasteiger partial charge in [-0.15, -0.1) is 0 Å². The summed E-state index contributed by atoms with van der Waals surface area (Å²) in [5.74, 6) is 1.72. The van der Waals surface area contributed by atoms with Crippen molar-refractivity contribution in [1.82, 2.24) is 19.4 Å². The summed E-state index contributed by atoms with van der Waals surface area (Å²) in [5, 5.41) is 0. The van der Waals surface area contributed by atoms with Gasteiger partial charge in [0.15, 0.2) is 0 Å². The van der Waals surface area contributed by atoms with E-state index < -0.39 is 0 Å². The summed E-state index contributed by atoms with van der Waals surface area (Å²) in [7, 11) is 0. The van der Waals surface area contributed by atoms with E-state index in [0.717, 1.165) is 49.6 Å². The van der Waals surface area contributed by atoms with E-state index in [9.17, 15) is 4.79 Å². The van der Waals surface area contributed by atoms with Crippen LogP contribution in [0.2, 0.25) is 0 Å². The Morgan fingerprint density at radius 2 is 1.93 bits per heavy atom. The van der Waals surface area contributed by atoms with Gasteiger partial charge in [0, 0.05) is 37.6 Å². The summed E-state index contributed by atoms with van der Waals surface area (Å²) in [6, 6.07) is 14.2. The molecule has 1 fully saturated rings. The fourth-order valence-electron chi connectivity index (χ4n) is 3.98. The molecule has 0 N–H and O–H groups in total. The second-order valence-corrected chi connectivity index (χ2v) is 7.56. The smallest absolute Gasteiger partial charge is 0.226 e. The predicted octanol–water partition coefficient (Wildman–Crippen LogP) is 3.58. The molecule has 1 amide bonds. The molecule has 144 valence electrons. The first-order chi connectivity index (χ1) is 13.7. The van der Waals surface area contributed by atoms with Crippen molar-refractivity contribution in [1.29, 1.82) is 0 Å². The quantitative estimate of drug-likeness (QED) is 0.686. The van der Waals surface area contributed by atoms with Crippen molar-refractivity contribution in [2.45, 2.75) is 38.6 Å². The predicted molar refractivity (Wildman–Crippen MR) is 109 cm³/mol. The second-order valence-electron chi connectivity index (χ2n) is 7.56. The average molecular weight is 374 g/mol. The van der Waals surface area contributed by atoms with Crippen LogP contribution in [0.15, 0.2) is 61.1 Å². The first-order valence-corrected chi connectivity index (χ1v) is 9.93. The molecule has 0 unspecified atom stereocenters. The van der Waals surface area contributed by atoms with E-state index in [1.807, 2.05) is 53.8 Å². The molecule has 5 nitrogen and oxygen atoms in total. The van der Waals surface area contributed by atoms with Crippen molar-refractivity contribution in [2.75, 3.05) is 13.1 Å². The Morgan fingerprint density at radius 1 is 1.07 bits per heavy atom. The molecule has 0 atom stereocenters. The van der Waals surface area contributed by atoms with Gasteiger partial charge >= 0.3 is 0 Å². The van der Waals surface area contributed by atoms with Crippen LogP contribution in [-0.4, -0.2) is 38.4 Å². The summed E-state index contributed by atoms with van der Waals surface area (Å²) >= 11 is 0. The molecule has 3 heterocycles. The molecular formula is C23H26N4O. The number of hydrogen-bond donors (Lipinski definition) is 0. The summed E-state index contributed by atoms with van der Waals surface area (Å²) in [6.07, 6.45) is 8.12. The van der Waals surface area contributed by atoms with Crippen LogP contribution < -0.4 is 0 Å². The number of hydrogen-bond acceptors (Lipinski definition) is 3. The maximum atomic E-state index is 12.7. The molecule has 0 aliphatic carbocycles. The number of carbonyl (C=O) groups excluding carboxylic acids is 1. The van der Waals surface area contributed by atoms with Crippen molar-refractivity contribution in [3.63, 3.8) is 0 Å². The highest BCUT2D eigenvalue weighted by molar-refractivity contribution is 5.78. The van der Waals surface area contributed by atoms with E-state index in [0.29, 0.717) is 12.3 Å². The molecule has 28 heavy (non-hydrogen) atoms. The van der Waals surface area contributed by atoms with Gasteiger partial charge in [0.05, 0.1) is 18.7 Å². The number of aromatic nitrogens is 3. The lowest BCUT2D eigenvalue weighted by atomic mass is 9.95. The monoisotopic (exact) mass is 374 g/mol. The molecule has 0 saturated carbocycles. The minimum absolute atomic E-state index is 0.223. The number of piperidine rings is 1. The van der Waals surface area contributed by atoms with Gasteiger partial charge in [-0.05, 0) is 37.5 Å². The second kappa shape index (κ2) is 8.38. The number of nitrogens with zero attached hydrogens (tertiary/aromatic N) is 4. The largest absolute Gasteiger partial charge is 0.342 e. The summed E-state index contributed by atoms with van der Waals surface area (Å²) in [6.45, 7) is 4.40. The van der Waals surface area contributed by atoms with Crippen LogP contribution in [-0.2, 0) is 17.8 Å². The molecule has 1 aliphatic rings. The Morgan fingerprint density at radius 3 is 2.68 bits per heavy atom. The minimum atomic E-state index is 0.223. The van der Waals surface area contributed by atoms with Gasteiger partial charge in [-0.1, -0.05) is 35.9 Å². The Hall–Kier alpha value is -2.95. The molecule has 0 radical (unpaired) electrons. The fraction of sp³-hybridized carbons (Fsp3) is 0.348. The highest BCUT2D eigenvalue weighted by Gasteiger charge is 2.26. The number of aryl methyl sites for hydroxylation is 1. The first kappa shape index (κ1) is 18.4. The lowest BCUT2D eigenvalue weighted by Crippen LogP contribution is -2.39. The Labute approximate surface area is 166 Å². The highest BCUT2D eigenvalue weighted by atomic mass is 16.2. The standard InChI is InChI=1S/C23H26N4O/c1-18-5-4-6-19(15-18)16-22(28)26-12-8-20(9-13-26)23-25-11-14-27(23)17-21-7-2-3-10-24-21/h2-7,10-11,14-15,20H,8-9,12-13,16-17H2,1H3. The normalized spacial score (nSPS) is 15.0. The van der Waals surface area contributed by atoms with E-state index >= 15 is 0 Å². The first-order valence-electron chi connectivity index (χ1n) is 9.93. The molecule has 0 bridgehead atoms. The van der Waals surface area contributed by atoms with E-state index in [1.54, 1.807) is 0 Å². The van der Waals surface area contributed by atoms with Crippen LogP contribution in [0.3, 0.4) is 0 Å². The van der Waals surface area contributed by atoms with Crippen LogP contribution in [0.5, 0.6) is 0 Å². The van der Waals surface area contributed by atoms with Crippen LogP contribution >= 0.6 is 0 Å². The van der Waals surface area contributed by atoms with Gasteiger partial charge < -0.3 is 9.47 Å². The van der Waals surface area contributed by atoms with Crippen molar-refractivity contribution < 1.29 is 4.79 Å². The molecule has 5 heteroatoms. The molecule has 2 aromatic heterocycles. The molecular weight excluding hydrogens is 348 g/mol. The van der Waals surface area contributed by atoms with Gasteiger partial charge in [-0.2, -0.15) is 0 Å². The van der Waals surface area contributed by atoms with Crippen LogP contribution in [0, 0.1) is 6.92 Å². The number of pyridine rings is 1. The highest BCUT2D eigenvalue weighted by Crippen LogP contribution is 2.27. The van der Waals surface area contributed by atoms with Crippen LogP contribution in [0.4, 0.5) is 0 Å². The van der Waals surface area contributed by atoms with Gasteiger partial charge in [-0.25, -0.2) is 4.98 Å². The SMILES string of the molecule is Cc1cccc(CC(=O)N2CCC(c3nccn3Cc3ccccn3)CC2)c1. The molecule has 0 spiro atoms. The molecule has 1 aliphatic heterocycles. The summed E-state index contributed by atoms with van der Waals surface area (Å²) in [5.41, 5.74) is 3.33. The zero-order valence-electron chi connectivity index (χ0n) is 16.3. The maximum absolute atomic E-state index is 12.7. The number of imidazole rings is 1. The third-order valence-corrected chi connectivity index (χ3v) is 5.46. The molecule has 3 aromatic rings. The topological polar surface area (TPSA) is 51.0 Å². The average Bonchev–Trinajstić information content (AvgIpc) is 3.17. The lowest BCUT2D eigenvalue weighted by molar-refractivity contribution is -0.131. The summed E-state index contributed by atoms with van der Waals surface area (Å²) in [4.78, 5) is 23.7. The van der Waals surface area contributed by atoms with E-state index in [1.165, 1.54) is 5.56 Å². The molecule has 1 aromatic carbocycles. The fourth-order valence-corrected chi connectivity index (χ4v) is 3.98. The number of likely N-dealkylation sites (tertiary alicyclic amines) is 1. The van der Waals surface area contributed by atoms with Gasteiger partial charge in [0.1, 0.15) is 5.82 Å². The van der Waals surface area contributed by atoms with Crippen molar-refractivity contribution in [3.05, 3.63) is 83.7 Å². The number of amides is 1. The van der Waals surface area contributed by atoms with Gasteiger partial charge in [0.25, 0.3) is 0 Å². The van der Waals surface area contributed by atoms with Crippen molar-refractivity contribution in [2.24, 2.45) is 0 Å². The van der Waals surface area contributed by atoms with Crippen LogP contribution in [0.1, 0.15) is 41.4 Å². The molecule has 4 rings (SSSR count).